The molecule has 1 saturated heterocycles. The van der Waals surface area contributed by atoms with Crippen LogP contribution in [0.1, 0.15) is 18.2 Å². The molecule has 13 heavy (non-hydrogen) atoms. The highest BCUT2D eigenvalue weighted by Gasteiger charge is 2.32. The zero-order valence-electron chi connectivity index (χ0n) is 7.05. The molecule has 1 aliphatic heterocycles. The average Bonchev–Trinajstić information content (AvgIpc) is 2.49. The lowest BCUT2D eigenvalue weighted by Crippen LogP contribution is -2.33. The first-order chi connectivity index (χ1) is 6.29. The summed E-state index contributed by atoms with van der Waals surface area (Å²) in [7, 11) is 0. The summed E-state index contributed by atoms with van der Waals surface area (Å²) in [6.07, 6.45) is 3.98. The Balaban J connectivity index is 2.24. The van der Waals surface area contributed by atoms with Crippen molar-refractivity contribution in [3.63, 3.8) is 0 Å². The molecule has 0 radical (unpaired) electrons. The third-order valence-electron chi connectivity index (χ3n) is 2.14. The molecule has 0 aliphatic carbocycles. The fraction of sp³-hybridized carbons (Fsp3) is 0.375. The normalized spacial score (nSPS) is 22.4. The Bertz CT molecular complexity index is 313. The van der Waals surface area contributed by atoms with Crippen LogP contribution in [0.3, 0.4) is 0 Å². The predicted octanol–water partition coefficient (Wildman–Crippen LogP) is -0.334. The molecule has 1 aromatic rings. The van der Waals surface area contributed by atoms with Crippen LogP contribution in [0.2, 0.25) is 0 Å². The zero-order valence-corrected chi connectivity index (χ0v) is 7.05. The van der Waals surface area contributed by atoms with Gasteiger partial charge in [0.15, 0.2) is 0 Å². The fourth-order valence-electron chi connectivity index (χ4n) is 1.43. The lowest BCUT2D eigenvalue weighted by molar-refractivity contribution is -0.129. The van der Waals surface area contributed by atoms with E-state index in [0.29, 0.717) is 18.8 Å². The molecule has 1 aliphatic rings. The van der Waals surface area contributed by atoms with Crippen LogP contribution in [-0.2, 0) is 4.79 Å². The van der Waals surface area contributed by atoms with Crippen LogP contribution < -0.4 is 5.84 Å². The second-order valence-corrected chi connectivity index (χ2v) is 2.98. The molecule has 0 saturated carbocycles. The lowest BCUT2D eigenvalue weighted by Gasteiger charge is -2.07. The minimum atomic E-state index is -0.244. The second-order valence-electron chi connectivity index (χ2n) is 2.98. The van der Waals surface area contributed by atoms with Crippen molar-refractivity contribution in [1.82, 2.24) is 15.0 Å². The Kier molecular flexibility index (Phi) is 1.94. The Morgan fingerprint density at radius 1 is 1.46 bits per heavy atom. The van der Waals surface area contributed by atoms with E-state index in [9.17, 15) is 4.79 Å². The molecular weight excluding hydrogens is 168 g/mol. The van der Waals surface area contributed by atoms with Gasteiger partial charge in [-0.25, -0.2) is 15.8 Å². The van der Waals surface area contributed by atoms with Gasteiger partial charge >= 0.3 is 0 Å². The molecule has 2 heterocycles. The van der Waals surface area contributed by atoms with E-state index in [2.05, 4.69) is 9.97 Å². The van der Waals surface area contributed by atoms with Gasteiger partial charge < -0.3 is 0 Å². The van der Waals surface area contributed by atoms with Gasteiger partial charge in [-0.15, -0.1) is 0 Å². The molecule has 1 unspecified atom stereocenters. The summed E-state index contributed by atoms with van der Waals surface area (Å²) >= 11 is 0. The summed E-state index contributed by atoms with van der Waals surface area (Å²) in [5.74, 6) is 5.67. The van der Waals surface area contributed by atoms with E-state index in [-0.39, 0.29) is 11.8 Å². The molecule has 0 spiro atoms. The topological polar surface area (TPSA) is 72.1 Å². The Hall–Kier alpha value is -1.49. The third kappa shape index (κ3) is 1.38. The standard InChI is InChI=1S/C8H10N4O/c9-12-5-2-6(8(12)13)7-10-3-1-4-11-7/h1,3-4,6H,2,5,9H2. The molecule has 5 heteroatoms. The summed E-state index contributed by atoms with van der Waals surface area (Å²) in [5.41, 5.74) is 0. The highest BCUT2D eigenvalue weighted by Crippen LogP contribution is 2.23. The molecule has 0 aromatic carbocycles. The Morgan fingerprint density at radius 2 is 2.15 bits per heavy atom. The number of hydrogen-bond acceptors (Lipinski definition) is 4. The predicted molar refractivity (Wildman–Crippen MR) is 45.3 cm³/mol. The molecule has 1 aromatic heterocycles. The minimum absolute atomic E-state index is 0.0915. The second kappa shape index (κ2) is 3.10. The van der Waals surface area contributed by atoms with Crippen LogP contribution in [0.15, 0.2) is 18.5 Å². The van der Waals surface area contributed by atoms with E-state index in [1.54, 1.807) is 18.5 Å². The maximum Gasteiger partial charge on any atom is 0.247 e. The average molecular weight is 178 g/mol. The number of nitrogens with two attached hydrogens (primary N) is 1. The van der Waals surface area contributed by atoms with E-state index in [0.717, 1.165) is 0 Å². The Labute approximate surface area is 75.6 Å². The van der Waals surface area contributed by atoms with E-state index < -0.39 is 0 Å². The van der Waals surface area contributed by atoms with Crippen LogP contribution in [0.25, 0.3) is 0 Å². The van der Waals surface area contributed by atoms with Gasteiger partial charge in [0.05, 0.1) is 0 Å². The molecule has 1 fully saturated rings. The van der Waals surface area contributed by atoms with Gasteiger partial charge in [-0.1, -0.05) is 0 Å². The van der Waals surface area contributed by atoms with Crippen LogP contribution in [0.5, 0.6) is 0 Å². The largest absolute Gasteiger partial charge is 0.280 e. The molecule has 1 atom stereocenters. The van der Waals surface area contributed by atoms with Crippen molar-refractivity contribution in [3.8, 4) is 0 Å². The Morgan fingerprint density at radius 3 is 2.69 bits per heavy atom. The summed E-state index contributed by atoms with van der Waals surface area (Å²) in [6, 6.07) is 1.73. The highest BCUT2D eigenvalue weighted by molar-refractivity contribution is 5.84. The quantitative estimate of drug-likeness (QED) is 0.472. The van der Waals surface area contributed by atoms with Gasteiger partial charge in [0.2, 0.25) is 5.91 Å². The van der Waals surface area contributed by atoms with E-state index in [1.165, 1.54) is 5.01 Å². The van der Waals surface area contributed by atoms with E-state index in [1.807, 2.05) is 0 Å². The monoisotopic (exact) mass is 178 g/mol. The molecule has 68 valence electrons. The number of amides is 1. The third-order valence-corrected chi connectivity index (χ3v) is 2.14. The van der Waals surface area contributed by atoms with Gasteiger partial charge in [0.1, 0.15) is 11.7 Å². The molecule has 1 amide bonds. The minimum Gasteiger partial charge on any atom is -0.280 e. The van der Waals surface area contributed by atoms with Crippen molar-refractivity contribution in [2.75, 3.05) is 6.54 Å². The first-order valence-corrected chi connectivity index (χ1v) is 4.12. The van der Waals surface area contributed by atoms with Crippen molar-refractivity contribution in [3.05, 3.63) is 24.3 Å². The number of aromatic nitrogens is 2. The van der Waals surface area contributed by atoms with Gasteiger partial charge in [0.25, 0.3) is 0 Å². The number of hydrazine groups is 1. The van der Waals surface area contributed by atoms with E-state index >= 15 is 0 Å². The molecular formula is C8H10N4O. The number of rotatable bonds is 1. The molecule has 0 bridgehead atoms. The van der Waals surface area contributed by atoms with Crippen LogP contribution >= 0.6 is 0 Å². The summed E-state index contributed by atoms with van der Waals surface area (Å²) in [6.45, 7) is 0.585. The summed E-state index contributed by atoms with van der Waals surface area (Å²) in [4.78, 5) is 19.5. The highest BCUT2D eigenvalue weighted by atomic mass is 16.2. The van der Waals surface area contributed by atoms with Crippen molar-refractivity contribution >= 4 is 5.91 Å². The zero-order chi connectivity index (χ0) is 9.26. The molecule has 2 rings (SSSR count). The van der Waals surface area contributed by atoms with Crippen molar-refractivity contribution in [2.24, 2.45) is 5.84 Å². The first kappa shape index (κ1) is 8.12. The molecule has 2 N–H and O–H groups in total. The number of carbonyl (C=O) groups excluding carboxylic acids is 1. The van der Waals surface area contributed by atoms with Crippen LogP contribution in [0, 0.1) is 0 Å². The van der Waals surface area contributed by atoms with Gasteiger partial charge in [-0.05, 0) is 12.5 Å². The van der Waals surface area contributed by atoms with Crippen LogP contribution in [-0.4, -0.2) is 27.4 Å². The van der Waals surface area contributed by atoms with Gasteiger partial charge in [-0.3, -0.25) is 9.80 Å². The van der Waals surface area contributed by atoms with Gasteiger partial charge in [0, 0.05) is 18.9 Å². The first-order valence-electron chi connectivity index (χ1n) is 4.12. The summed E-state index contributed by atoms with van der Waals surface area (Å²) in [5, 5.41) is 1.22. The number of nitrogens with zero attached hydrogens (tertiary/aromatic N) is 3. The smallest absolute Gasteiger partial charge is 0.247 e. The summed E-state index contributed by atoms with van der Waals surface area (Å²) < 4.78 is 0. The fourth-order valence-corrected chi connectivity index (χ4v) is 1.43. The van der Waals surface area contributed by atoms with Crippen molar-refractivity contribution in [1.29, 1.82) is 0 Å². The van der Waals surface area contributed by atoms with Crippen molar-refractivity contribution in [2.45, 2.75) is 12.3 Å². The maximum absolute atomic E-state index is 11.4. The maximum atomic E-state index is 11.4. The number of hydrogen-bond donors (Lipinski definition) is 1. The lowest BCUT2D eigenvalue weighted by atomic mass is 10.1. The molecule has 5 nitrogen and oxygen atoms in total. The van der Waals surface area contributed by atoms with Crippen molar-refractivity contribution < 1.29 is 4.79 Å². The van der Waals surface area contributed by atoms with E-state index in [4.69, 9.17) is 5.84 Å². The van der Waals surface area contributed by atoms with Crippen LogP contribution in [0.4, 0.5) is 0 Å². The van der Waals surface area contributed by atoms with Gasteiger partial charge in [-0.2, -0.15) is 0 Å². The SMILES string of the molecule is NN1CCC(c2ncccn2)C1=O. The number of carbonyl (C=O) groups is 1.